The summed E-state index contributed by atoms with van der Waals surface area (Å²) in [5, 5.41) is 7.92. The third-order valence-electron chi connectivity index (χ3n) is 8.59. The van der Waals surface area contributed by atoms with Crippen molar-refractivity contribution in [1.29, 1.82) is 0 Å². The Morgan fingerprint density at radius 1 is 0.607 bits per heavy atom. The number of rotatable bonds is 11. The molecule has 0 saturated carbocycles. The Morgan fingerprint density at radius 3 is 1.50 bits per heavy atom. The van der Waals surface area contributed by atoms with Crippen molar-refractivity contribution >= 4 is 43.1 Å². The average Bonchev–Trinajstić information content (AvgIpc) is 3.20. The third-order valence-corrected chi connectivity index (χ3v) is 12.1. The van der Waals surface area contributed by atoms with Crippen LogP contribution in [-0.4, -0.2) is 61.0 Å². The molecule has 2 N–H and O–H groups in total. The van der Waals surface area contributed by atoms with Gasteiger partial charge in [0.15, 0.2) is 0 Å². The van der Waals surface area contributed by atoms with Crippen LogP contribution < -0.4 is 15.4 Å². The predicted molar refractivity (Wildman–Crippen MR) is 208 cm³/mol. The van der Waals surface area contributed by atoms with Crippen LogP contribution >= 0.6 is 0 Å². The van der Waals surface area contributed by atoms with Gasteiger partial charge in [0.05, 0.1) is 39.8 Å². The summed E-state index contributed by atoms with van der Waals surface area (Å²) in [6.45, 7) is 3.36. The van der Waals surface area contributed by atoms with Gasteiger partial charge in [-0.05, 0) is 115 Å². The van der Waals surface area contributed by atoms with Crippen LogP contribution in [0.1, 0.15) is 22.4 Å². The zero-order chi connectivity index (χ0) is 39.9. The lowest BCUT2D eigenvalue weighted by atomic mass is 10.2. The number of pyridine rings is 3. The maximum absolute atomic E-state index is 14.2. The minimum Gasteiger partial charge on any atom is -0.496 e. The Kier molecular flexibility index (Phi) is 11.7. The van der Waals surface area contributed by atoms with E-state index in [9.17, 15) is 26.4 Å². The predicted octanol–water partition coefficient (Wildman–Crippen LogP) is 6.85. The van der Waals surface area contributed by atoms with Crippen LogP contribution in [0.4, 0.5) is 21.0 Å². The lowest BCUT2D eigenvalue weighted by molar-refractivity contribution is 0.0466. The number of hydrazine groups is 1. The second kappa shape index (κ2) is 16.8. The van der Waals surface area contributed by atoms with Crippen LogP contribution in [0.5, 0.6) is 5.75 Å². The smallest absolute Gasteiger partial charge is 0.341 e. The SMILES string of the molecule is COc1cc(S(=O)(=O)c2ccc(NC(=O)N(Cc3cccnc3)N(Cc3cccnc3)C(=O)Nc3ccc(S(=O)(=O)c4ccc(C)nc4)cc3)cc2)ccc1C. The first-order chi connectivity index (χ1) is 26.8. The highest BCUT2D eigenvalue weighted by molar-refractivity contribution is 7.91. The molecule has 3 aromatic carbocycles. The summed E-state index contributed by atoms with van der Waals surface area (Å²) < 4.78 is 58.6. The number of benzene rings is 3. The Bertz CT molecular complexity index is 2540. The number of amides is 4. The normalized spacial score (nSPS) is 11.3. The van der Waals surface area contributed by atoms with Crippen molar-refractivity contribution in [2.24, 2.45) is 0 Å². The molecule has 0 radical (unpaired) electrons. The highest BCUT2D eigenvalue weighted by Crippen LogP contribution is 2.28. The number of urea groups is 2. The molecule has 0 saturated heterocycles. The molecule has 0 aliphatic rings. The van der Waals surface area contributed by atoms with Crippen LogP contribution in [0, 0.1) is 13.8 Å². The van der Waals surface area contributed by atoms with Gasteiger partial charge in [-0.3, -0.25) is 15.0 Å². The molecule has 0 fully saturated rings. The maximum atomic E-state index is 14.2. The second-order valence-corrected chi connectivity index (χ2v) is 16.4. The van der Waals surface area contributed by atoms with E-state index in [0.717, 1.165) is 5.56 Å². The molecule has 16 heteroatoms. The number of anilines is 2. The fraction of sp³-hybridized carbons (Fsp3) is 0.125. The van der Waals surface area contributed by atoms with Gasteiger partial charge in [0.25, 0.3) is 0 Å². The summed E-state index contributed by atoms with van der Waals surface area (Å²) >= 11 is 0. The summed E-state index contributed by atoms with van der Waals surface area (Å²) in [6.07, 6.45) is 7.56. The topological polar surface area (TPSA) is 181 Å². The molecule has 0 aliphatic heterocycles. The highest BCUT2D eigenvalue weighted by atomic mass is 32.2. The fourth-order valence-corrected chi connectivity index (χ4v) is 8.01. The maximum Gasteiger partial charge on any atom is 0.341 e. The molecule has 0 spiro atoms. The van der Waals surface area contributed by atoms with Crippen molar-refractivity contribution in [2.45, 2.75) is 46.5 Å². The van der Waals surface area contributed by atoms with Gasteiger partial charge in [-0.15, -0.1) is 0 Å². The Hall–Kier alpha value is -6.65. The van der Waals surface area contributed by atoms with E-state index >= 15 is 0 Å². The van der Waals surface area contributed by atoms with Gasteiger partial charge in [0.1, 0.15) is 5.75 Å². The lowest BCUT2D eigenvalue weighted by Crippen LogP contribution is -2.52. The lowest BCUT2D eigenvalue weighted by Gasteiger charge is -2.35. The molecule has 0 atom stereocenters. The van der Waals surface area contributed by atoms with E-state index in [2.05, 4.69) is 25.6 Å². The van der Waals surface area contributed by atoms with Gasteiger partial charge >= 0.3 is 12.1 Å². The zero-order valence-corrected chi connectivity index (χ0v) is 32.2. The van der Waals surface area contributed by atoms with E-state index in [0.29, 0.717) is 22.6 Å². The van der Waals surface area contributed by atoms with Gasteiger partial charge in [-0.25, -0.2) is 36.4 Å². The van der Waals surface area contributed by atoms with E-state index in [4.69, 9.17) is 4.74 Å². The first-order valence-electron chi connectivity index (χ1n) is 17.1. The Morgan fingerprint density at radius 2 is 1.07 bits per heavy atom. The van der Waals surface area contributed by atoms with Crippen LogP contribution in [0.25, 0.3) is 0 Å². The van der Waals surface area contributed by atoms with Crippen molar-refractivity contribution in [3.8, 4) is 5.75 Å². The minimum atomic E-state index is -3.92. The number of sulfone groups is 2. The molecular formula is C40H37N7O7S2. The number of ether oxygens (including phenoxy) is 1. The Balaban J connectivity index is 1.28. The van der Waals surface area contributed by atoms with Gasteiger partial charge in [-0.2, -0.15) is 0 Å². The molecule has 286 valence electrons. The number of methoxy groups -OCH3 is 1. The van der Waals surface area contributed by atoms with Crippen molar-refractivity contribution in [2.75, 3.05) is 17.7 Å². The summed E-state index contributed by atoms with van der Waals surface area (Å²) in [6, 6.07) is 24.4. The summed E-state index contributed by atoms with van der Waals surface area (Å²) in [7, 11) is -6.33. The molecule has 3 heterocycles. The van der Waals surface area contributed by atoms with Gasteiger partial charge in [0, 0.05) is 48.1 Å². The quantitative estimate of drug-likeness (QED) is 0.132. The number of nitrogens with one attached hydrogen (secondary N) is 2. The summed E-state index contributed by atoms with van der Waals surface area (Å²) in [5.41, 5.74) is 3.18. The number of hydrogen-bond acceptors (Lipinski definition) is 10. The van der Waals surface area contributed by atoms with Crippen LogP contribution in [0.2, 0.25) is 0 Å². The number of hydrogen-bond donors (Lipinski definition) is 2. The second-order valence-electron chi connectivity index (χ2n) is 12.5. The van der Waals surface area contributed by atoms with Crippen LogP contribution in [-0.2, 0) is 32.8 Å². The van der Waals surface area contributed by atoms with Gasteiger partial charge in [0.2, 0.25) is 19.7 Å². The van der Waals surface area contributed by atoms with Crippen molar-refractivity contribution in [1.82, 2.24) is 25.0 Å². The third kappa shape index (κ3) is 8.99. The van der Waals surface area contributed by atoms with Crippen LogP contribution in [0.3, 0.4) is 0 Å². The van der Waals surface area contributed by atoms with Crippen molar-refractivity contribution < 1.29 is 31.2 Å². The molecule has 14 nitrogen and oxygen atoms in total. The molecule has 3 aromatic heterocycles. The number of aryl methyl sites for hydroxylation is 2. The van der Waals surface area contributed by atoms with E-state index < -0.39 is 31.7 Å². The first-order valence-corrected chi connectivity index (χ1v) is 20.0. The minimum absolute atomic E-state index is 0.000513. The largest absolute Gasteiger partial charge is 0.496 e. The van der Waals surface area contributed by atoms with Gasteiger partial charge in [-0.1, -0.05) is 18.2 Å². The van der Waals surface area contributed by atoms with E-state index in [-0.39, 0.29) is 44.0 Å². The highest BCUT2D eigenvalue weighted by Gasteiger charge is 2.28. The number of carbonyl (C=O) groups is 2. The average molecular weight is 792 g/mol. The molecule has 6 rings (SSSR count). The first kappa shape index (κ1) is 39.1. The van der Waals surface area contributed by atoms with Crippen molar-refractivity contribution in [3.63, 3.8) is 0 Å². The summed E-state index contributed by atoms with van der Waals surface area (Å²) in [4.78, 5) is 40.8. The summed E-state index contributed by atoms with van der Waals surface area (Å²) in [5.74, 6) is 0.435. The molecular weight excluding hydrogens is 755 g/mol. The molecule has 6 aromatic rings. The molecule has 56 heavy (non-hydrogen) atoms. The number of nitrogens with zero attached hydrogens (tertiary/aromatic N) is 5. The standard InChI is InChI=1S/C40H37N7O7S2/c1-28-8-14-36(22-38(28)54-3)55(50,51)34-16-10-32(11-17-34)44-39(48)46(26-30-6-4-20-41-23-30)47(27-31-7-5-21-42-24-31)40(49)45-33-12-18-35(19-13-33)56(52,53)37-15-9-29(2)43-25-37/h4-25H,26-27H2,1-3H3,(H,44,48)(H,45,49). The van der Waals surface area contributed by atoms with E-state index in [1.807, 2.05) is 6.92 Å². The molecule has 4 amide bonds. The fourth-order valence-electron chi connectivity index (χ4n) is 5.53. The Labute approximate surface area is 324 Å². The van der Waals surface area contributed by atoms with Gasteiger partial charge < -0.3 is 15.4 Å². The number of carbonyl (C=O) groups excluding carboxylic acids is 2. The van der Waals surface area contributed by atoms with Crippen molar-refractivity contribution in [3.05, 3.63) is 156 Å². The monoisotopic (exact) mass is 791 g/mol. The molecule has 0 unspecified atom stereocenters. The molecule has 0 bridgehead atoms. The van der Waals surface area contributed by atoms with Crippen LogP contribution in [0.15, 0.2) is 154 Å². The number of aromatic nitrogens is 3. The van der Waals surface area contributed by atoms with E-state index in [1.54, 1.807) is 68.1 Å². The zero-order valence-electron chi connectivity index (χ0n) is 30.5. The van der Waals surface area contributed by atoms with E-state index in [1.165, 1.54) is 90.1 Å². The molecule has 0 aliphatic carbocycles.